The molecule has 1 aliphatic carbocycles. The maximum atomic E-state index is 11.7. The number of nitrogens with one attached hydrogen (secondary N) is 2. The van der Waals surface area contributed by atoms with E-state index in [4.69, 9.17) is 0 Å². The van der Waals surface area contributed by atoms with Gasteiger partial charge in [-0.05, 0) is 68.7 Å². The van der Waals surface area contributed by atoms with Crippen LogP contribution in [0.4, 0.5) is 11.4 Å². The molecule has 6 nitrogen and oxygen atoms in total. The van der Waals surface area contributed by atoms with E-state index >= 15 is 0 Å². The summed E-state index contributed by atoms with van der Waals surface area (Å²) in [6, 6.07) is 5.66. The summed E-state index contributed by atoms with van der Waals surface area (Å²) in [5.41, 5.74) is 5.13. The fourth-order valence-electron chi connectivity index (χ4n) is 2.74. The molecule has 27 heavy (non-hydrogen) atoms. The van der Waals surface area contributed by atoms with E-state index in [1.54, 1.807) is 12.2 Å². The van der Waals surface area contributed by atoms with Gasteiger partial charge in [-0.15, -0.1) is 0 Å². The Hall–Kier alpha value is -2.25. The molecule has 1 aromatic rings. The third-order valence-electron chi connectivity index (χ3n) is 4.57. The average Bonchev–Trinajstić information content (AvgIpc) is 2.59. The van der Waals surface area contributed by atoms with Crippen LogP contribution in [0.1, 0.15) is 32.8 Å². The van der Waals surface area contributed by atoms with Crippen molar-refractivity contribution in [2.75, 3.05) is 18.1 Å². The van der Waals surface area contributed by atoms with Gasteiger partial charge in [0.25, 0.3) is 0 Å². The number of allylic oxidation sites excluding steroid dienone is 4. The minimum Gasteiger partial charge on any atom is -0.383 e. The number of ketones is 1. The summed E-state index contributed by atoms with van der Waals surface area (Å²) in [7, 11) is -3.23. The van der Waals surface area contributed by atoms with Crippen LogP contribution < -0.4 is 10.0 Å². The smallest absolute Gasteiger partial charge is 0.209 e. The molecule has 1 aromatic carbocycles. The zero-order valence-corrected chi connectivity index (χ0v) is 17.3. The number of rotatable bonds is 7. The standard InChI is InChI=1S/C20H27N3O3S/c1-6-16(23-27(5,25)26)12-21-17-7-8-18(13(2)11-17)22-19-9-10-20(24)15(4)14(19)3/h7-11,16,21,23H,6,12H2,1-5H3. The van der Waals surface area contributed by atoms with Crippen LogP contribution in [-0.4, -0.2) is 38.8 Å². The molecular weight excluding hydrogens is 362 g/mol. The topological polar surface area (TPSA) is 87.6 Å². The van der Waals surface area contributed by atoms with Crippen LogP contribution >= 0.6 is 0 Å². The molecule has 0 aliphatic heterocycles. The van der Waals surface area contributed by atoms with Gasteiger partial charge in [-0.1, -0.05) is 6.92 Å². The predicted molar refractivity (Wildman–Crippen MR) is 111 cm³/mol. The van der Waals surface area contributed by atoms with Crippen molar-refractivity contribution in [3.63, 3.8) is 0 Å². The highest BCUT2D eigenvalue weighted by Gasteiger charge is 2.15. The molecule has 0 spiro atoms. The van der Waals surface area contributed by atoms with Gasteiger partial charge in [0.2, 0.25) is 10.0 Å². The van der Waals surface area contributed by atoms with E-state index in [1.807, 2.05) is 45.9 Å². The maximum absolute atomic E-state index is 11.7. The molecule has 0 saturated heterocycles. The second-order valence-electron chi connectivity index (χ2n) is 6.82. The van der Waals surface area contributed by atoms with Gasteiger partial charge in [0.1, 0.15) is 0 Å². The Morgan fingerprint density at radius 1 is 1.11 bits per heavy atom. The van der Waals surface area contributed by atoms with Crippen molar-refractivity contribution < 1.29 is 13.2 Å². The number of anilines is 1. The summed E-state index contributed by atoms with van der Waals surface area (Å²) in [4.78, 5) is 16.4. The molecule has 0 heterocycles. The van der Waals surface area contributed by atoms with E-state index in [1.165, 1.54) is 6.26 Å². The van der Waals surface area contributed by atoms with E-state index < -0.39 is 10.0 Å². The summed E-state index contributed by atoms with van der Waals surface area (Å²) in [6.07, 6.45) is 5.16. The Balaban J connectivity index is 2.13. The fraction of sp³-hybridized carbons (Fsp3) is 0.400. The second kappa shape index (κ2) is 8.63. The minimum absolute atomic E-state index is 0.0240. The Kier molecular flexibility index (Phi) is 6.73. The molecule has 7 heteroatoms. The summed E-state index contributed by atoms with van der Waals surface area (Å²) >= 11 is 0. The number of nitrogens with zero attached hydrogens (tertiary/aromatic N) is 1. The Bertz CT molecular complexity index is 928. The number of carbonyl (C=O) groups excluding carboxylic acids is 1. The van der Waals surface area contributed by atoms with Gasteiger partial charge in [0, 0.05) is 23.8 Å². The first-order valence-corrected chi connectivity index (χ1v) is 10.8. The number of aliphatic imine (C=N–C) groups is 1. The van der Waals surface area contributed by atoms with Crippen molar-refractivity contribution >= 4 is 32.9 Å². The zero-order chi connectivity index (χ0) is 20.2. The van der Waals surface area contributed by atoms with Gasteiger partial charge in [0.15, 0.2) is 5.78 Å². The highest BCUT2D eigenvalue weighted by molar-refractivity contribution is 7.88. The van der Waals surface area contributed by atoms with Crippen LogP contribution in [0.15, 0.2) is 46.5 Å². The summed E-state index contributed by atoms with van der Waals surface area (Å²) in [5.74, 6) is 0.0240. The van der Waals surface area contributed by atoms with Crippen molar-refractivity contribution in [3.8, 4) is 0 Å². The highest BCUT2D eigenvalue weighted by Crippen LogP contribution is 2.25. The number of aryl methyl sites for hydroxylation is 1. The van der Waals surface area contributed by atoms with Crippen molar-refractivity contribution in [1.82, 2.24) is 4.72 Å². The van der Waals surface area contributed by atoms with Gasteiger partial charge >= 0.3 is 0 Å². The summed E-state index contributed by atoms with van der Waals surface area (Å²) in [6.45, 7) is 8.13. The fourth-order valence-corrected chi connectivity index (χ4v) is 3.59. The van der Waals surface area contributed by atoms with E-state index in [0.29, 0.717) is 13.0 Å². The lowest BCUT2D eigenvalue weighted by Crippen LogP contribution is -2.38. The molecule has 0 amide bonds. The SMILES string of the molecule is CCC(CNc1ccc(N=C2C=CC(=O)C(C)=C2C)c(C)c1)NS(C)(=O)=O. The van der Waals surface area contributed by atoms with Crippen LogP contribution in [0.2, 0.25) is 0 Å². The number of hydrogen-bond donors (Lipinski definition) is 2. The first-order chi connectivity index (χ1) is 12.6. The Morgan fingerprint density at radius 3 is 2.41 bits per heavy atom. The Labute approximate surface area is 161 Å². The molecule has 1 atom stereocenters. The maximum Gasteiger partial charge on any atom is 0.209 e. The molecule has 2 rings (SSSR count). The van der Waals surface area contributed by atoms with Crippen molar-refractivity contribution in [2.45, 2.75) is 40.2 Å². The van der Waals surface area contributed by atoms with Crippen LogP contribution in [-0.2, 0) is 14.8 Å². The highest BCUT2D eigenvalue weighted by atomic mass is 32.2. The monoisotopic (exact) mass is 389 g/mol. The molecule has 1 aliphatic rings. The number of sulfonamides is 1. The van der Waals surface area contributed by atoms with Crippen LogP contribution in [0.3, 0.4) is 0 Å². The number of hydrogen-bond acceptors (Lipinski definition) is 5. The largest absolute Gasteiger partial charge is 0.383 e. The second-order valence-corrected chi connectivity index (χ2v) is 8.60. The van der Waals surface area contributed by atoms with E-state index in [9.17, 15) is 13.2 Å². The number of carbonyl (C=O) groups is 1. The first kappa shape index (κ1) is 21.1. The van der Waals surface area contributed by atoms with Crippen LogP contribution in [0, 0.1) is 6.92 Å². The third kappa shape index (κ3) is 5.87. The lowest BCUT2D eigenvalue weighted by atomic mass is 9.97. The van der Waals surface area contributed by atoms with Gasteiger partial charge in [-0.25, -0.2) is 18.1 Å². The van der Waals surface area contributed by atoms with E-state index in [-0.39, 0.29) is 11.8 Å². The quantitative estimate of drug-likeness (QED) is 0.701. The van der Waals surface area contributed by atoms with Crippen LogP contribution in [0.25, 0.3) is 0 Å². The number of benzene rings is 1. The molecule has 0 fully saturated rings. The van der Waals surface area contributed by atoms with Crippen molar-refractivity contribution in [3.05, 3.63) is 47.1 Å². The molecule has 146 valence electrons. The molecule has 0 radical (unpaired) electrons. The molecule has 1 unspecified atom stereocenters. The minimum atomic E-state index is -3.23. The van der Waals surface area contributed by atoms with Gasteiger partial charge < -0.3 is 5.32 Å². The van der Waals surface area contributed by atoms with Gasteiger partial charge in [0.05, 0.1) is 17.7 Å². The average molecular weight is 390 g/mol. The molecular formula is C20H27N3O3S. The normalized spacial score (nSPS) is 17.5. The van der Waals surface area contributed by atoms with Crippen LogP contribution in [0.5, 0.6) is 0 Å². The third-order valence-corrected chi connectivity index (χ3v) is 5.33. The lowest BCUT2D eigenvalue weighted by molar-refractivity contribution is -0.111. The molecule has 2 N–H and O–H groups in total. The Morgan fingerprint density at radius 2 is 1.81 bits per heavy atom. The molecule has 0 bridgehead atoms. The predicted octanol–water partition coefficient (Wildman–Crippen LogP) is 3.28. The summed E-state index contributed by atoms with van der Waals surface area (Å²) < 4.78 is 25.4. The van der Waals surface area contributed by atoms with E-state index in [2.05, 4.69) is 15.0 Å². The molecule has 0 aromatic heterocycles. The van der Waals surface area contributed by atoms with E-state index in [0.717, 1.165) is 33.8 Å². The van der Waals surface area contributed by atoms with Crippen molar-refractivity contribution in [1.29, 1.82) is 0 Å². The van der Waals surface area contributed by atoms with Gasteiger partial charge in [-0.2, -0.15) is 0 Å². The van der Waals surface area contributed by atoms with Gasteiger partial charge in [-0.3, -0.25) is 4.79 Å². The lowest BCUT2D eigenvalue weighted by Gasteiger charge is -2.17. The molecule has 0 saturated carbocycles. The zero-order valence-electron chi connectivity index (χ0n) is 16.5. The van der Waals surface area contributed by atoms with Crippen molar-refractivity contribution in [2.24, 2.45) is 4.99 Å². The first-order valence-electron chi connectivity index (χ1n) is 8.91. The summed E-state index contributed by atoms with van der Waals surface area (Å²) in [5, 5.41) is 3.27.